The van der Waals surface area contributed by atoms with E-state index in [0.29, 0.717) is 30.3 Å². The van der Waals surface area contributed by atoms with Crippen molar-refractivity contribution in [3.05, 3.63) is 29.3 Å². The van der Waals surface area contributed by atoms with Crippen molar-refractivity contribution in [2.45, 2.75) is 38.5 Å². The van der Waals surface area contributed by atoms with E-state index in [-0.39, 0.29) is 0 Å². The fourth-order valence-electron chi connectivity index (χ4n) is 2.25. The summed E-state index contributed by atoms with van der Waals surface area (Å²) in [5, 5.41) is 9.77. The van der Waals surface area contributed by atoms with E-state index in [1.807, 2.05) is 19.1 Å². The normalized spacial score (nSPS) is 18.1. The lowest BCUT2D eigenvalue weighted by Crippen LogP contribution is -2.12. The Hall–Kier alpha value is -1.31. The highest BCUT2D eigenvalue weighted by atomic mass is 16.3. The summed E-state index contributed by atoms with van der Waals surface area (Å²) in [6, 6.07) is 5.70. The highest BCUT2D eigenvalue weighted by Crippen LogP contribution is 2.36. The van der Waals surface area contributed by atoms with E-state index in [1.165, 1.54) is 5.56 Å². The molecule has 1 N–H and O–H groups in total. The van der Waals surface area contributed by atoms with Crippen LogP contribution < -0.4 is 0 Å². The van der Waals surface area contributed by atoms with E-state index < -0.39 is 0 Å². The first-order valence-electron chi connectivity index (χ1n) is 5.48. The van der Waals surface area contributed by atoms with Gasteiger partial charge in [0.15, 0.2) is 0 Å². The molecule has 0 heterocycles. The Morgan fingerprint density at radius 2 is 1.93 bits per heavy atom. The van der Waals surface area contributed by atoms with Crippen LogP contribution in [0.3, 0.4) is 0 Å². The maximum Gasteiger partial charge on any atom is 0.132 e. The van der Waals surface area contributed by atoms with Gasteiger partial charge < -0.3 is 5.11 Å². The summed E-state index contributed by atoms with van der Waals surface area (Å²) in [7, 11) is 0. The van der Waals surface area contributed by atoms with Gasteiger partial charge in [0.05, 0.1) is 0 Å². The lowest BCUT2D eigenvalue weighted by molar-refractivity contribution is -0.120. The second-order valence-electron chi connectivity index (χ2n) is 4.38. The molecule has 1 fully saturated rings. The molecule has 0 atom stereocenters. The number of carbonyl (C=O) groups excluding carboxylic acids is 1. The van der Waals surface area contributed by atoms with E-state index in [1.54, 1.807) is 6.07 Å². The van der Waals surface area contributed by atoms with E-state index in [2.05, 4.69) is 0 Å². The zero-order valence-corrected chi connectivity index (χ0v) is 8.99. The molecule has 0 bridgehead atoms. The molecule has 0 saturated heterocycles. The molecule has 0 amide bonds. The molecule has 15 heavy (non-hydrogen) atoms. The van der Waals surface area contributed by atoms with Gasteiger partial charge in [-0.1, -0.05) is 17.7 Å². The van der Waals surface area contributed by atoms with Crippen molar-refractivity contribution in [1.29, 1.82) is 0 Å². The quantitative estimate of drug-likeness (QED) is 0.763. The fraction of sp³-hybridized carbons (Fsp3) is 0.462. The third-order valence-electron chi connectivity index (χ3n) is 3.17. The van der Waals surface area contributed by atoms with Gasteiger partial charge in [-0.3, -0.25) is 4.79 Å². The minimum absolute atomic E-state index is 0.360. The molecular formula is C13H16O2. The molecule has 0 radical (unpaired) electrons. The second kappa shape index (κ2) is 4.05. The van der Waals surface area contributed by atoms with Crippen LogP contribution in [0.1, 0.15) is 42.7 Å². The molecule has 80 valence electrons. The highest BCUT2D eigenvalue weighted by molar-refractivity contribution is 5.79. The topological polar surface area (TPSA) is 37.3 Å². The summed E-state index contributed by atoms with van der Waals surface area (Å²) < 4.78 is 0. The lowest BCUT2D eigenvalue weighted by atomic mass is 9.82. The van der Waals surface area contributed by atoms with Crippen molar-refractivity contribution >= 4 is 5.78 Å². The fourth-order valence-corrected chi connectivity index (χ4v) is 2.25. The molecule has 2 heteroatoms. The van der Waals surface area contributed by atoms with Gasteiger partial charge in [0.25, 0.3) is 0 Å². The molecule has 1 aromatic carbocycles. The molecule has 1 aliphatic carbocycles. The Balaban J connectivity index is 2.21. The molecule has 0 spiro atoms. The minimum atomic E-state index is 0.360. The van der Waals surface area contributed by atoms with Gasteiger partial charge in [-0.05, 0) is 37.3 Å². The number of phenolic OH excluding ortho intramolecular Hbond substituents is 1. The zero-order valence-electron chi connectivity index (χ0n) is 8.99. The molecule has 2 nitrogen and oxygen atoms in total. The van der Waals surface area contributed by atoms with Crippen LogP contribution in [-0.4, -0.2) is 10.9 Å². The maximum absolute atomic E-state index is 11.1. The number of phenols is 1. The third kappa shape index (κ3) is 2.20. The summed E-state index contributed by atoms with van der Waals surface area (Å²) in [5.74, 6) is 1.10. The molecule has 2 rings (SSSR count). The first kappa shape index (κ1) is 10.2. The van der Waals surface area contributed by atoms with Crippen LogP contribution in [0, 0.1) is 6.92 Å². The van der Waals surface area contributed by atoms with Gasteiger partial charge in [0, 0.05) is 12.8 Å². The van der Waals surface area contributed by atoms with Crippen molar-refractivity contribution < 1.29 is 9.90 Å². The van der Waals surface area contributed by atoms with Crippen LogP contribution in [0.25, 0.3) is 0 Å². The number of aromatic hydroxyl groups is 1. The second-order valence-corrected chi connectivity index (χ2v) is 4.38. The van der Waals surface area contributed by atoms with Crippen LogP contribution in [0.15, 0.2) is 18.2 Å². The van der Waals surface area contributed by atoms with Crippen molar-refractivity contribution in [2.75, 3.05) is 0 Å². The Bertz CT molecular complexity index is 372. The van der Waals surface area contributed by atoms with Crippen LogP contribution >= 0.6 is 0 Å². The van der Waals surface area contributed by atoms with Crippen molar-refractivity contribution in [1.82, 2.24) is 0 Å². The smallest absolute Gasteiger partial charge is 0.132 e. The molecule has 0 aliphatic heterocycles. The standard InChI is InChI=1S/C13H16O2/c1-9-2-7-13(15)12(8-9)10-3-5-11(14)6-4-10/h2,7-8,10,15H,3-6H2,1H3. The summed E-state index contributed by atoms with van der Waals surface area (Å²) in [6.45, 7) is 2.02. The molecule has 1 aliphatic rings. The van der Waals surface area contributed by atoms with Crippen molar-refractivity contribution in [3.63, 3.8) is 0 Å². The SMILES string of the molecule is Cc1ccc(O)c(C2CCC(=O)CC2)c1. The van der Waals surface area contributed by atoms with Crippen LogP contribution in [-0.2, 0) is 4.79 Å². The van der Waals surface area contributed by atoms with Crippen LogP contribution in [0.2, 0.25) is 0 Å². The predicted octanol–water partition coefficient (Wildman–Crippen LogP) is 2.93. The number of benzene rings is 1. The number of rotatable bonds is 1. The van der Waals surface area contributed by atoms with Crippen LogP contribution in [0.5, 0.6) is 5.75 Å². The summed E-state index contributed by atoms with van der Waals surface area (Å²) >= 11 is 0. The van der Waals surface area contributed by atoms with Gasteiger partial charge in [0.2, 0.25) is 0 Å². The van der Waals surface area contributed by atoms with E-state index in [9.17, 15) is 9.90 Å². The van der Waals surface area contributed by atoms with Gasteiger partial charge in [0.1, 0.15) is 11.5 Å². The molecule has 1 aromatic rings. The van der Waals surface area contributed by atoms with Crippen molar-refractivity contribution in [2.24, 2.45) is 0 Å². The predicted molar refractivity (Wildman–Crippen MR) is 59.1 cm³/mol. The number of hydrogen-bond acceptors (Lipinski definition) is 2. The number of ketones is 1. The first-order valence-corrected chi connectivity index (χ1v) is 5.48. The minimum Gasteiger partial charge on any atom is -0.508 e. The lowest BCUT2D eigenvalue weighted by Gasteiger charge is -2.22. The van der Waals surface area contributed by atoms with Crippen molar-refractivity contribution in [3.8, 4) is 5.75 Å². The average Bonchev–Trinajstić information content (AvgIpc) is 2.23. The highest BCUT2D eigenvalue weighted by Gasteiger charge is 2.22. The molecule has 1 saturated carbocycles. The average molecular weight is 204 g/mol. The Labute approximate surface area is 89.9 Å². The number of carbonyl (C=O) groups is 1. The van der Waals surface area contributed by atoms with Gasteiger partial charge in [-0.25, -0.2) is 0 Å². The van der Waals surface area contributed by atoms with Gasteiger partial charge in [-0.15, -0.1) is 0 Å². The maximum atomic E-state index is 11.1. The van der Waals surface area contributed by atoms with E-state index in [0.717, 1.165) is 18.4 Å². The Kier molecular flexibility index (Phi) is 2.76. The molecular weight excluding hydrogens is 188 g/mol. The Morgan fingerprint density at radius 3 is 2.60 bits per heavy atom. The van der Waals surface area contributed by atoms with E-state index in [4.69, 9.17) is 0 Å². The monoisotopic (exact) mass is 204 g/mol. The number of hydrogen-bond donors (Lipinski definition) is 1. The third-order valence-corrected chi connectivity index (χ3v) is 3.17. The van der Waals surface area contributed by atoms with Gasteiger partial charge >= 0.3 is 0 Å². The first-order chi connectivity index (χ1) is 7.16. The summed E-state index contributed by atoms with van der Waals surface area (Å²) in [5.41, 5.74) is 2.18. The largest absolute Gasteiger partial charge is 0.508 e. The van der Waals surface area contributed by atoms with E-state index >= 15 is 0 Å². The molecule has 0 aromatic heterocycles. The summed E-state index contributed by atoms with van der Waals surface area (Å²) in [4.78, 5) is 11.1. The zero-order chi connectivity index (χ0) is 10.8. The number of aryl methyl sites for hydroxylation is 1. The summed E-state index contributed by atoms with van der Waals surface area (Å²) in [6.07, 6.45) is 3.10. The van der Waals surface area contributed by atoms with Crippen LogP contribution in [0.4, 0.5) is 0 Å². The van der Waals surface area contributed by atoms with Gasteiger partial charge in [-0.2, -0.15) is 0 Å². The number of Topliss-reactive ketones (excluding diaryl/α,β-unsaturated/α-hetero) is 1. The molecule has 0 unspecified atom stereocenters. The Morgan fingerprint density at radius 1 is 1.27 bits per heavy atom.